The molecule has 25 heavy (non-hydrogen) atoms. The van der Waals surface area contributed by atoms with Crippen LogP contribution in [0.5, 0.6) is 0 Å². The molecular formula is C19H24N2O3S. The van der Waals surface area contributed by atoms with E-state index in [1.165, 1.54) is 16.9 Å². The van der Waals surface area contributed by atoms with Gasteiger partial charge in [-0.3, -0.25) is 9.10 Å². The van der Waals surface area contributed by atoms with Gasteiger partial charge >= 0.3 is 0 Å². The van der Waals surface area contributed by atoms with Gasteiger partial charge in [0.05, 0.1) is 11.4 Å². The van der Waals surface area contributed by atoms with Gasteiger partial charge in [-0.25, -0.2) is 8.42 Å². The van der Waals surface area contributed by atoms with E-state index in [0.29, 0.717) is 17.8 Å². The van der Waals surface area contributed by atoms with Crippen molar-refractivity contribution in [3.8, 4) is 0 Å². The first-order valence-corrected chi connectivity index (χ1v) is 9.93. The maximum Gasteiger partial charge on any atom is 0.251 e. The van der Waals surface area contributed by atoms with Gasteiger partial charge < -0.3 is 5.32 Å². The monoisotopic (exact) mass is 360 g/mol. The van der Waals surface area contributed by atoms with E-state index < -0.39 is 10.0 Å². The van der Waals surface area contributed by atoms with Crippen molar-refractivity contribution in [2.24, 2.45) is 0 Å². The van der Waals surface area contributed by atoms with Gasteiger partial charge in [0, 0.05) is 19.2 Å². The molecule has 0 aliphatic rings. The number of anilines is 1. The Morgan fingerprint density at radius 2 is 1.68 bits per heavy atom. The zero-order valence-corrected chi connectivity index (χ0v) is 15.4. The third-order valence-corrected chi connectivity index (χ3v) is 5.82. The van der Waals surface area contributed by atoms with E-state index in [4.69, 9.17) is 0 Å². The molecule has 0 fully saturated rings. The lowest BCUT2D eigenvalue weighted by Crippen LogP contribution is -2.28. The maximum absolute atomic E-state index is 12.1. The van der Waals surface area contributed by atoms with Crippen LogP contribution < -0.4 is 9.62 Å². The van der Waals surface area contributed by atoms with E-state index in [9.17, 15) is 13.2 Å². The molecule has 0 aliphatic carbocycles. The highest BCUT2D eigenvalue weighted by Gasteiger charge is 2.16. The van der Waals surface area contributed by atoms with Crippen LogP contribution in [0.2, 0.25) is 0 Å². The van der Waals surface area contributed by atoms with Gasteiger partial charge in [-0.05, 0) is 49.6 Å². The number of benzene rings is 2. The molecule has 134 valence electrons. The Kier molecular flexibility index (Phi) is 6.58. The number of hydrogen-bond donors (Lipinski definition) is 1. The molecule has 2 aromatic carbocycles. The molecule has 0 heterocycles. The Bertz CT molecular complexity index is 787. The minimum atomic E-state index is -3.30. The molecule has 0 aromatic heterocycles. The lowest BCUT2D eigenvalue weighted by Gasteiger charge is -2.18. The topological polar surface area (TPSA) is 66.5 Å². The quantitative estimate of drug-likeness (QED) is 0.736. The van der Waals surface area contributed by atoms with E-state index >= 15 is 0 Å². The van der Waals surface area contributed by atoms with E-state index in [-0.39, 0.29) is 11.7 Å². The summed E-state index contributed by atoms with van der Waals surface area (Å²) in [6.07, 6.45) is 1.78. The Hall–Kier alpha value is -2.34. The number of rotatable bonds is 8. The number of amides is 1. The average Bonchev–Trinajstić information content (AvgIpc) is 2.65. The van der Waals surface area contributed by atoms with Crippen molar-refractivity contribution in [2.45, 2.75) is 19.8 Å². The first-order chi connectivity index (χ1) is 11.9. The molecule has 5 nitrogen and oxygen atoms in total. The Labute approximate surface area is 149 Å². The first-order valence-electron chi connectivity index (χ1n) is 8.33. The standard InChI is InChI=1S/C19H24N2O3S/c1-3-25(23,24)21(2)18-13-11-17(12-14-18)19(22)20-15-7-10-16-8-5-4-6-9-16/h4-6,8-9,11-14H,3,7,10,15H2,1-2H3,(H,20,22). The first kappa shape index (κ1) is 19.0. The van der Waals surface area contributed by atoms with Crippen molar-refractivity contribution in [1.82, 2.24) is 5.32 Å². The predicted molar refractivity (Wildman–Crippen MR) is 101 cm³/mol. The summed E-state index contributed by atoms with van der Waals surface area (Å²) < 4.78 is 24.9. The molecule has 0 aliphatic heterocycles. The minimum absolute atomic E-state index is 0.0349. The number of sulfonamides is 1. The van der Waals surface area contributed by atoms with Crippen molar-refractivity contribution in [3.05, 3.63) is 65.7 Å². The molecular weight excluding hydrogens is 336 g/mol. The second-order valence-electron chi connectivity index (χ2n) is 5.76. The number of hydrogen-bond acceptors (Lipinski definition) is 3. The molecule has 1 amide bonds. The van der Waals surface area contributed by atoms with Crippen molar-refractivity contribution in [2.75, 3.05) is 23.7 Å². The Morgan fingerprint density at radius 3 is 2.28 bits per heavy atom. The van der Waals surface area contributed by atoms with Gasteiger partial charge in [-0.2, -0.15) is 0 Å². The highest BCUT2D eigenvalue weighted by molar-refractivity contribution is 7.92. The van der Waals surface area contributed by atoms with Gasteiger partial charge in [0.2, 0.25) is 10.0 Å². The van der Waals surface area contributed by atoms with Crippen LogP contribution in [-0.4, -0.2) is 33.7 Å². The minimum Gasteiger partial charge on any atom is -0.352 e. The normalized spacial score (nSPS) is 11.1. The number of nitrogens with one attached hydrogen (secondary N) is 1. The van der Waals surface area contributed by atoms with Crippen LogP contribution in [0, 0.1) is 0 Å². The molecule has 2 aromatic rings. The van der Waals surface area contributed by atoms with Crippen molar-refractivity contribution in [1.29, 1.82) is 0 Å². The Balaban J connectivity index is 1.86. The van der Waals surface area contributed by atoms with Gasteiger partial charge in [-0.15, -0.1) is 0 Å². The zero-order valence-electron chi connectivity index (χ0n) is 14.6. The smallest absolute Gasteiger partial charge is 0.251 e. The van der Waals surface area contributed by atoms with Crippen molar-refractivity contribution >= 4 is 21.6 Å². The van der Waals surface area contributed by atoms with Crippen LogP contribution in [0.3, 0.4) is 0 Å². The molecule has 0 spiro atoms. The molecule has 0 atom stereocenters. The summed E-state index contributed by atoms with van der Waals surface area (Å²) in [6.45, 7) is 2.20. The molecule has 0 radical (unpaired) electrons. The summed E-state index contributed by atoms with van der Waals surface area (Å²) in [5.41, 5.74) is 2.31. The van der Waals surface area contributed by atoms with E-state index in [0.717, 1.165) is 12.8 Å². The second kappa shape index (κ2) is 8.67. The molecule has 6 heteroatoms. The largest absolute Gasteiger partial charge is 0.352 e. The van der Waals surface area contributed by atoms with Crippen LogP contribution in [-0.2, 0) is 16.4 Å². The van der Waals surface area contributed by atoms with Crippen LogP contribution >= 0.6 is 0 Å². The summed E-state index contributed by atoms with van der Waals surface area (Å²) in [4.78, 5) is 12.1. The lowest BCUT2D eigenvalue weighted by molar-refractivity contribution is 0.0953. The predicted octanol–water partition coefficient (Wildman–Crippen LogP) is 2.84. The highest BCUT2D eigenvalue weighted by Crippen LogP contribution is 2.17. The van der Waals surface area contributed by atoms with Gasteiger partial charge in [0.1, 0.15) is 0 Å². The summed E-state index contributed by atoms with van der Waals surface area (Å²) >= 11 is 0. The molecule has 0 saturated carbocycles. The van der Waals surface area contributed by atoms with Crippen LogP contribution in [0.4, 0.5) is 5.69 Å². The SMILES string of the molecule is CCS(=O)(=O)N(C)c1ccc(C(=O)NCCCc2ccccc2)cc1. The van der Waals surface area contributed by atoms with Gasteiger partial charge in [0.25, 0.3) is 5.91 Å². The van der Waals surface area contributed by atoms with E-state index in [1.54, 1.807) is 31.2 Å². The summed E-state index contributed by atoms with van der Waals surface area (Å²) in [7, 11) is -1.78. The number of carbonyl (C=O) groups is 1. The van der Waals surface area contributed by atoms with Crippen molar-refractivity contribution in [3.63, 3.8) is 0 Å². The molecule has 1 N–H and O–H groups in total. The maximum atomic E-state index is 12.1. The number of carbonyl (C=O) groups excluding carboxylic acids is 1. The van der Waals surface area contributed by atoms with Gasteiger partial charge in [-0.1, -0.05) is 30.3 Å². The number of nitrogens with zero attached hydrogens (tertiary/aromatic N) is 1. The van der Waals surface area contributed by atoms with E-state index in [1.807, 2.05) is 18.2 Å². The number of aryl methyl sites for hydroxylation is 1. The molecule has 0 unspecified atom stereocenters. The average molecular weight is 360 g/mol. The fraction of sp³-hybridized carbons (Fsp3) is 0.316. The molecule has 2 rings (SSSR count). The fourth-order valence-corrected chi connectivity index (χ4v) is 3.25. The summed E-state index contributed by atoms with van der Waals surface area (Å²) in [6, 6.07) is 16.7. The van der Waals surface area contributed by atoms with Crippen LogP contribution in [0.1, 0.15) is 29.3 Å². The van der Waals surface area contributed by atoms with Gasteiger partial charge in [0.15, 0.2) is 0 Å². The molecule has 0 saturated heterocycles. The molecule has 0 bridgehead atoms. The zero-order chi connectivity index (χ0) is 18.3. The summed E-state index contributed by atoms with van der Waals surface area (Å²) in [5.74, 6) is -0.117. The van der Waals surface area contributed by atoms with Crippen molar-refractivity contribution < 1.29 is 13.2 Å². The Morgan fingerprint density at radius 1 is 1.04 bits per heavy atom. The highest BCUT2D eigenvalue weighted by atomic mass is 32.2. The second-order valence-corrected chi connectivity index (χ2v) is 8.05. The van der Waals surface area contributed by atoms with Crippen LogP contribution in [0.25, 0.3) is 0 Å². The van der Waals surface area contributed by atoms with E-state index in [2.05, 4.69) is 17.4 Å². The fourth-order valence-electron chi connectivity index (χ4n) is 2.42. The summed E-state index contributed by atoms with van der Waals surface area (Å²) in [5, 5.41) is 2.89. The lowest BCUT2D eigenvalue weighted by atomic mass is 10.1. The third kappa shape index (κ3) is 5.32. The third-order valence-electron chi connectivity index (χ3n) is 4.05. The van der Waals surface area contributed by atoms with Crippen LogP contribution in [0.15, 0.2) is 54.6 Å².